The van der Waals surface area contributed by atoms with E-state index in [4.69, 9.17) is 5.73 Å². The third kappa shape index (κ3) is 2.91. The van der Waals surface area contributed by atoms with Gasteiger partial charge in [-0.2, -0.15) is 11.8 Å². The average Bonchev–Trinajstić information content (AvgIpc) is 2.09. The average molecular weight is 201 g/mol. The normalized spacial score (nSPS) is 10.1. The molecule has 3 nitrogen and oxygen atoms in total. The molecule has 1 aromatic rings. The van der Waals surface area contributed by atoms with Gasteiger partial charge in [-0.1, -0.05) is 0 Å². The molecule has 0 aromatic carbocycles. The standard InChI is InChI=1S/C7H11N3S2/c1-11-4-5-12-7-6(8)9-2-3-10-7/h2-3H,4-5H2,1H3,(H2,8,9). The Morgan fingerprint density at radius 3 is 2.75 bits per heavy atom. The van der Waals surface area contributed by atoms with E-state index in [0.717, 1.165) is 16.5 Å². The molecular weight excluding hydrogens is 190 g/mol. The van der Waals surface area contributed by atoms with Crippen LogP contribution in [0.25, 0.3) is 0 Å². The molecular formula is C7H11N3S2. The minimum absolute atomic E-state index is 0.531. The zero-order valence-electron chi connectivity index (χ0n) is 6.86. The Balaban J connectivity index is 2.46. The maximum atomic E-state index is 5.60. The summed E-state index contributed by atoms with van der Waals surface area (Å²) in [5, 5.41) is 0.839. The zero-order chi connectivity index (χ0) is 8.81. The number of rotatable bonds is 4. The van der Waals surface area contributed by atoms with Crippen LogP contribution < -0.4 is 5.73 Å². The molecule has 0 spiro atoms. The molecule has 0 fully saturated rings. The van der Waals surface area contributed by atoms with Crippen molar-refractivity contribution in [1.82, 2.24) is 9.97 Å². The molecule has 0 aliphatic carbocycles. The Morgan fingerprint density at radius 1 is 1.33 bits per heavy atom. The van der Waals surface area contributed by atoms with Crippen molar-refractivity contribution in [2.75, 3.05) is 23.5 Å². The molecule has 0 amide bonds. The smallest absolute Gasteiger partial charge is 0.156 e. The molecule has 1 heterocycles. The molecule has 5 heteroatoms. The first kappa shape index (κ1) is 9.67. The molecule has 2 N–H and O–H groups in total. The van der Waals surface area contributed by atoms with Crippen LogP contribution in [0, 0.1) is 0 Å². The second-order valence-corrected chi connectivity index (χ2v) is 4.16. The number of aromatic nitrogens is 2. The summed E-state index contributed by atoms with van der Waals surface area (Å²) in [6.45, 7) is 0. The molecule has 0 atom stereocenters. The minimum Gasteiger partial charge on any atom is -0.381 e. The van der Waals surface area contributed by atoms with E-state index < -0.39 is 0 Å². The first-order valence-electron chi connectivity index (χ1n) is 3.53. The molecule has 1 aromatic heterocycles. The van der Waals surface area contributed by atoms with Crippen LogP contribution in [0.5, 0.6) is 0 Å². The van der Waals surface area contributed by atoms with Crippen LogP contribution in [0.15, 0.2) is 17.4 Å². The van der Waals surface area contributed by atoms with Gasteiger partial charge < -0.3 is 5.73 Å². The van der Waals surface area contributed by atoms with Crippen molar-refractivity contribution >= 4 is 29.3 Å². The van der Waals surface area contributed by atoms with E-state index in [-0.39, 0.29) is 0 Å². The lowest BCUT2D eigenvalue weighted by Crippen LogP contribution is -1.95. The highest BCUT2D eigenvalue weighted by atomic mass is 32.2. The van der Waals surface area contributed by atoms with E-state index in [1.807, 2.05) is 11.8 Å². The van der Waals surface area contributed by atoms with Crippen molar-refractivity contribution in [3.63, 3.8) is 0 Å². The predicted octanol–water partition coefficient (Wildman–Crippen LogP) is 1.51. The van der Waals surface area contributed by atoms with Crippen LogP contribution in [-0.2, 0) is 0 Å². The van der Waals surface area contributed by atoms with Gasteiger partial charge in [0.25, 0.3) is 0 Å². The lowest BCUT2D eigenvalue weighted by atomic mass is 10.7. The second-order valence-electron chi connectivity index (χ2n) is 2.09. The molecule has 12 heavy (non-hydrogen) atoms. The topological polar surface area (TPSA) is 51.8 Å². The predicted molar refractivity (Wildman–Crippen MR) is 55.6 cm³/mol. The number of hydrogen-bond donors (Lipinski definition) is 1. The Hall–Kier alpha value is -0.420. The zero-order valence-corrected chi connectivity index (χ0v) is 8.49. The van der Waals surface area contributed by atoms with Crippen molar-refractivity contribution in [2.24, 2.45) is 0 Å². The first-order valence-corrected chi connectivity index (χ1v) is 5.90. The first-order chi connectivity index (χ1) is 5.84. The summed E-state index contributed by atoms with van der Waals surface area (Å²) >= 11 is 3.47. The summed E-state index contributed by atoms with van der Waals surface area (Å²) in [5.74, 6) is 2.67. The largest absolute Gasteiger partial charge is 0.381 e. The highest BCUT2D eigenvalue weighted by Crippen LogP contribution is 2.19. The molecule has 66 valence electrons. The second kappa shape index (κ2) is 5.27. The van der Waals surface area contributed by atoms with Gasteiger partial charge >= 0.3 is 0 Å². The van der Waals surface area contributed by atoms with E-state index in [1.165, 1.54) is 0 Å². The van der Waals surface area contributed by atoms with Crippen LogP contribution >= 0.6 is 23.5 Å². The monoisotopic (exact) mass is 201 g/mol. The van der Waals surface area contributed by atoms with Crippen LogP contribution in [0.4, 0.5) is 5.82 Å². The third-order valence-electron chi connectivity index (χ3n) is 1.22. The van der Waals surface area contributed by atoms with E-state index in [2.05, 4.69) is 16.2 Å². The Labute approximate surface area is 80.6 Å². The fraction of sp³-hybridized carbons (Fsp3) is 0.429. The number of nitrogen functional groups attached to an aromatic ring is 1. The van der Waals surface area contributed by atoms with Gasteiger partial charge in [-0.25, -0.2) is 9.97 Å². The maximum absolute atomic E-state index is 5.60. The van der Waals surface area contributed by atoms with Gasteiger partial charge in [0.15, 0.2) is 5.82 Å². The van der Waals surface area contributed by atoms with Gasteiger partial charge in [0.1, 0.15) is 5.03 Å². The number of thioether (sulfide) groups is 2. The van der Waals surface area contributed by atoms with Crippen LogP contribution in [0.1, 0.15) is 0 Å². The summed E-state index contributed by atoms with van der Waals surface area (Å²) in [6.07, 6.45) is 5.35. The quantitative estimate of drug-likeness (QED) is 0.591. The molecule has 0 radical (unpaired) electrons. The lowest BCUT2D eigenvalue weighted by molar-refractivity contribution is 1.07. The molecule has 1 rings (SSSR count). The van der Waals surface area contributed by atoms with E-state index >= 15 is 0 Å². The van der Waals surface area contributed by atoms with Gasteiger partial charge in [0, 0.05) is 23.9 Å². The summed E-state index contributed by atoms with van der Waals surface area (Å²) in [6, 6.07) is 0. The van der Waals surface area contributed by atoms with E-state index in [0.29, 0.717) is 5.82 Å². The Kier molecular flexibility index (Phi) is 4.24. The molecule has 0 unspecified atom stereocenters. The fourth-order valence-electron chi connectivity index (χ4n) is 0.669. The molecule has 0 aliphatic heterocycles. The Bertz CT molecular complexity index is 242. The fourth-order valence-corrected chi connectivity index (χ4v) is 2.20. The van der Waals surface area contributed by atoms with Crippen LogP contribution in [0.3, 0.4) is 0 Å². The number of nitrogens with zero attached hydrogens (tertiary/aromatic N) is 2. The van der Waals surface area contributed by atoms with Gasteiger partial charge in [-0.05, 0) is 6.26 Å². The highest BCUT2D eigenvalue weighted by molar-refractivity contribution is 8.02. The van der Waals surface area contributed by atoms with Crippen molar-refractivity contribution in [2.45, 2.75) is 5.03 Å². The summed E-state index contributed by atoms with van der Waals surface area (Å²) in [7, 11) is 0. The van der Waals surface area contributed by atoms with Gasteiger partial charge in [-0.3, -0.25) is 0 Å². The highest BCUT2D eigenvalue weighted by Gasteiger charge is 1.99. The summed E-state index contributed by atoms with van der Waals surface area (Å²) in [4.78, 5) is 8.06. The van der Waals surface area contributed by atoms with Crippen molar-refractivity contribution < 1.29 is 0 Å². The number of anilines is 1. The van der Waals surface area contributed by atoms with E-state index in [1.54, 1.807) is 24.2 Å². The number of nitrogens with two attached hydrogens (primary N) is 1. The lowest BCUT2D eigenvalue weighted by Gasteiger charge is -2.00. The maximum Gasteiger partial charge on any atom is 0.156 e. The van der Waals surface area contributed by atoms with Crippen molar-refractivity contribution in [3.8, 4) is 0 Å². The summed E-state index contributed by atoms with van der Waals surface area (Å²) < 4.78 is 0. The minimum atomic E-state index is 0.531. The van der Waals surface area contributed by atoms with Crippen LogP contribution in [0.2, 0.25) is 0 Å². The van der Waals surface area contributed by atoms with E-state index in [9.17, 15) is 0 Å². The molecule has 0 bridgehead atoms. The molecule has 0 saturated heterocycles. The van der Waals surface area contributed by atoms with Crippen molar-refractivity contribution in [1.29, 1.82) is 0 Å². The SMILES string of the molecule is CSCCSc1nccnc1N. The van der Waals surface area contributed by atoms with Gasteiger partial charge in [0.2, 0.25) is 0 Å². The van der Waals surface area contributed by atoms with Crippen LogP contribution in [-0.4, -0.2) is 27.7 Å². The van der Waals surface area contributed by atoms with Gasteiger partial charge in [-0.15, -0.1) is 11.8 Å². The molecule has 0 aliphatic rings. The summed E-state index contributed by atoms with van der Waals surface area (Å²) in [5.41, 5.74) is 5.60. The third-order valence-corrected chi connectivity index (χ3v) is 3.08. The number of hydrogen-bond acceptors (Lipinski definition) is 5. The van der Waals surface area contributed by atoms with Crippen molar-refractivity contribution in [3.05, 3.63) is 12.4 Å². The Morgan fingerprint density at radius 2 is 2.08 bits per heavy atom. The van der Waals surface area contributed by atoms with Gasteiger partial charge in [0.05, 0.1) is 0 Å². The molecule has 0 saturated carbocycles.